The SMILES string of the molecule is Cc1ccccc1-n1c(C)cc(/C=N/NC(=O)CN(c2cccc3ccccc23)S(C)(=O)=O)c1C. The van der Waals surface area contributed by atoms with E-state index in [4.69, 9.17) is 0 Å². The molecule has 1 aromatic heterocycles. The van der Waals surface area contributed by atoms with Gasteiger partial charge >= 0.3 is 0 Å². The number of rotatable bonds is 7. The van der Waals surface area contributed by atoms with Crippen LogP contribution in [0.25, 0.3) is 16.5 Å². The number of nitrogens with zero attached hydrogens (tertiary/aromatic N) is 3. The number of aromatic nitrogens is 1. The normalized spacial score (nSPS) is 11.8. The predicted molar refractivity (Wildman–Crippen MR) is 142 cm³/mol. The van der Waals surface area contributed by atoms with Gasteiger partial charge < -0.3 is 4.57 Å². The fraction of sp³-hybridized carbons (Fsp3) is 0.185. The Morgan fingerprint density at radius 3 is 2.43 bits per heavy atom. The molecule has 4 rings (SSSR count). The fourth-order valence-corrected chi connectivity index (χ4v) is 5.12. The molecule has 3 aromatic carbocycles. The Hall–Kier alpha value is -3.91. The number of carbonyl (C=O) groups is 1. The molecule has 4 aromatic rings. The third kappa shape index (κ3) is 5.12. The second kappa shape index (κ2) is 9.76. The number of para-hydroxylation sites is 1. The summed E-state index contributed by atoms with van der Waals surface area (Å²) in [6, 6.07) is 22.9. The maximum Gasteiger partial charge on any atom is 0.260 e. The summed E-state index contributed by atoms with van der Waals surface area (Å²) in [4.78, 5) is 12.7. The van der Waals surface area contributed by atoms with E-state index < -0.39 is 15.9 Å². The molecule has 180 valence electrons. The number of benzene rings is 3. The Kier molecular flexibility index (Phi) is 6.75. The lowest BCUT2D eigenvalue weighted by Gasteiger charge is -2.23. The van der Waals surface area contributed by atoms with Crippen LogP contribution in [0.2, 0.25) is 0 Å². The second-order valence-corrected chi connectivity index (χ2v) is 10.4. The summed E-state index contributed by atoms with van der Waals surface area (Å²) in [6.45, 7) is 5.69. The van der Waals surface area contributed by atoms with E-state index in [1.807, 2.05) is 62.4 Å². The number of hydrogen-bond acceptors (Lipinski definition) is 4. The van der Waals surface area contributed by atoms with Crippen LogP contribution in [0.15, 0.2) is 77.9 Å². The van der Waals surface area contributed by atoms with E-state index >= 15 is 0 Å². The first kappa shape index (κ1) is 24.2. The van der Waals surface area contributed by atoms with Crippen LogP contribution in [-0.2, 0) is 14.8 Å². The van der Waals surface area contributed by atoms with Crippen LogP contribution in [0.1, 0.15) is 22.5 Å². The van der Waals surface area contributed by atoms with Gasteiger partial charge in [0, 0.05) is 28.0 Å². The van der Waals surface area contributed by atoms with Crippen LogP contribution in [0.5, 0.6) is 0 Å². The molecule has 0 unspecified atom stereocenters. The highest BCUT2D eigenvalue weighted by atomic mass is 32.2. The van der Waals surface area contributed by atoms with Crippen molar-refractivity contribution in [3.8, 4) is 5.69 Å². The smallest absolute Gasteiger partial charge is 0.260 e. The molecule has 1 heterocycles. The van der Waals surface area contributed by atoms with Crippen LogP contribution < -0.4 is 9.73 Å². The Morgan fingerprint density at radius 2 is 1.69 bits per heavy atom. The van der Waals surface area contributed by atoms with E-state index in [9.17, 15) is 13.2 Å². The maximum absolute atomic E-state index is 12.7. The predicted octanol–water partition coefficient (Wildman–Crippen LogP) is 4.47. The van der Waals surface area contributed by atoms with Gasteiger partial charge in [-0.3, -0.25) is 9.10 Å². The summed E-state index contributed by atoms with van der Waals surface area (Å²) >= 11 is 0. The van der Waals surface area contributed by atoms with E-state index in [-0.39, 0.29) is 6.54 Å². The molecule has 7 nitrogen and oxygen atoms in total. The summed E-state index contributed by atoms with van der Waals surface area (Å²) in [5.41, 5.74) is 8.06. The molecule has 0 spiro atoms. The van der Waals surface area contributed by atoms with Gasteiger partial charge in [0.05, 0.1) is 18.2 Å². The number of fused-ring (bicyclic) bond motifs is 1. The lowest BCUT2D eigenvalue weighted by molar-refractivity contribution is -0.119. The van der Waals surface area contributed by atoms with E-state index in [0.29, 0.717) is 5.69 Å². The van der Waals surface area contributed by atoms with E-state index in [1.165, 1.54) is 0 Å². The first-order valence-corrected chi connectivity index (χ1v) is 13.0. The summed E-state index contributed by atoms with van der Waals surface area (Å²) in [5.74, 6) is -0.535. The summed E-state index contributed by atoms with van der Waals surface area (Å²) < 4.78 is 28.4. The summed E-state index contributed by atoms with van der Waals surface area (Å²) in [6.07, 6.45) is 2.67. The number of nitrogens with one attached hydrogen (secondary N) is 1. The minimum atomic E-state index is -3.71. The summed E-state index contributed by atoms with van der Waals surface area (Å²) in [7, 11) is -3.71. The molecule has 0 atom stereocenters. The average Bonchev–Trinajstić information content (AvgIpc) is 3.09. The number of anilines is 1. The van der Waals surface area contributed by atoms with Gasteiger partial charge in [-0.25, -0.2) is 13.8 Å². The zero-order chi connectivity index (χ0) is 25.2. The van der Waals surface area contributed by atoms with Crippen molar-refractivity contribution in [2.45, 2.75) is 20.8 Å². The van der Waals surface area contributed by atoms with Crippen LogP contribution in [0, 0.1) is 20.8 Å². The van der Waals surface area contributed by atoms with Gasteiger partial charge in [-0.2, -0.15) is 5.10 Å². The van der Waals surface area contributed by atoms with E-state index in [2.05, 4.69) is 34.2 Å². The molecule has 0 bridgehead atoms. The van der Waals surface area contributed by atoms with Gasteiger partial charge in [-0.15, -0.1) is 0 Å². The second-order valence-electron chi connectivity index (χ2n) is 8.51. The number of hydrogen-bond donors (Lipinski definition) is 1. The van der Waals surface area contributed by atoms with Crippen molar-refractivity contribution in [3.63, 3.8) is 0 Å². The van der Waals surface area contributed by atoms with Gasteiger partial charge in [0.25, 0.3) is 5.91 Å². The number of hydrazone groups is 1. The van der Waals surface area contributed by atoms with Gasteiger partial charge in [0.1, 0.15) is 6.54 Å². The molecule has 35 heavy (non-hydrogen) atoms. The Morgan fingerprint density at radius 1 is 1.00 bits per heavy atom. The zero-order valence-corrected chi connectivity index (χ0v) is 21.0. The topological polar surface area (TPSA) is 83.8 Å². The van der Waals surface area contributed by atoms with Crippen LogP contribution in [-0.4, -0.2) is 37.9 Å². The van der Waals surface area contributed by atoms with Gasteiger partial charge in [0.2, 0.25) is 10.0 Å². The molecular formula is C27H28N4O3S. The highest BCUT2D eigenvalue weighted by Crippen LogP contribution is 2.28. The highest BCUT2D eigenvalue weighted by molar-refractivity contribution is 7.92. The standard InChI is InChI=1S/C27H28N4O3S/c1-19-10-5-8-14-25(19)31-20(2)16-23(21(31)3)17-28-29-27(32)18-30(35(4,33)34)26-15-9-12-22-11-6-7-13-24(22)26/h5-17H,18H2,1-4H3,(H,29,32)/b28-17+. The molecule has 0 aliphatic heterocycles. The molecule has 1 N–H and O–H groups in total. The third-order valence-electron chi connectivity index (χ3n) is 5.94. The van der Waals surface area contributed by atoms with Crippen LogP contribution in [0.3, 0.4) is 0 Å². The van der Waals surface area contributed by atoms with Crippen molar-refractivity contribution >= 4 is 38.6 Å². The largest absolute Gasteiger partial charge is 0.318 e. The lowest BCUT2D eigenvalue weighted by Crippen LogP contribution is -2.39. The van der Waals surface area contributed by atoms with Gasteiger partial charge in [-0.05, 0) is 49.9 Å². The first-order valence-electron chi connectivity index (χ1n) is 11.2. The van der Waals surface area contributed by atoms with E-state index in [1.54, 1.807) is 18.3 Å². The molecule has 0 saturated heterocycles. The summed E-state index contributed by atoms with van der Waals surface area (Å²) in [5, 5.41) is 5.74. The van der Waals surface area contributed by atoms with Crippen molar-refractivity contribution in [1.29, 1.82) is 0 Å². The highest BCUT2D eigenvalue weighted by Gasteiger charge is 2.22. The third-order valence-corrected chi connectivity index (χ3v) is 7.07. The number of amides is 1. The molecule has 0 fully saturated rings. The van der Waals surface area contributed by atoms with Crippen molar-refractivity contribution in [1.82, 2.24) is 9.99 Å². The number of aryl methyl sites for hydroxylation is 2. The maximum atomic E-state index is 12.7. The molecule has 0 aliphatic carbocycles. The molecular weight excluding hydrogens is 460 g/mol. The first-order chi connectivity index (χ1) is 16.7. The van der Waals surface area contributed by atoms with Gasteiger partial charge in [0.15, 0.2) is 0 Å². The van der Waals surface area contributed by atoms with Crippen molar-refractivity contribution in [3.05, 3.63) is 95.3 Å². The number of carbonyl (C=O) groups excluding carboxylic acids is 1. The van der Waals surface area contributed by atoms with Crippen LogP contribution >= 0.6 is 0 Å². The minimum absolute atomic E-state index is 0.383. The molecule has 0 radical (unpaired) electrons. The molecule has 0 saturated carbocycles. The zero-order valence-electron chi connectivity index (χ0n) is 20.2. The van der Waals surface area contributed by atoms with Crippen molar-refractivity contribution in [2.75, 3.05) is 17.1 Å². The minimum Gasteiger partial charge on any atom is -0.318 e. The number of sulfonamides is 1. The quantitative estimate of drug-likeness (QED) is 0.308. The molecule has 1 amide bonds. The monoisotopic (exact) mass is 488 g/mol. The Bertz CT molecular complexity index is 1530. The molecule has 8 heteroatoms. The van der Waals surface area contributed by atoms with Crippen LogP contribution in [0.4, 0.5) is 5.69 Å². The Balaban J connectivity index is 1.54. The molecule has 0 aliphatic rings. The Labute approximate surface area is 205 Å². The van der Waals surface area contributed by atoms with Crippen molar-refractivity contribution < 1.29 is 13.2 Å². The fourth-order valence-electron chi connectivity index (χ4n) is 4.25. The lowest BCUT2D eigenvalue weighted by atomic mass is 10.1. The average molecular weight is 489 g/mol. The van der Waals surface area contributed by atoms with Crippen molar-refractivity contribution in [2.24, 2.45) is 5.10 Å². The van der Waals surface area contributed by atoms with E-state index in [0.717, 1.165) is 49.5 Å². The van der Waals surface area contributed by atoms with Gasteiger partial charge in [-0.1, -0.05) is 54.6 Å².